The molecule has 0 bridgehead atoms. The highest BCUT2D eigenvalue weighted by molar-refractivity contribution is 9.10. The molecule has 2 aromatic rings. The first kappa shape index (κ1) is 13.3. The molecule has 7 heteroatoms. The molecular weight excluding hydrogens is 316 g/mol. The number of halogens is 1. The fourth-order valence-electron chi connectivity index (χ4n) is 1.57. The molecule has 19 heavy (non-hydrogen) atoms. The summed E-state index contributed by atoms with van der Waals surface area (Å²) in [6.07, 6.45) is 2.75. The van der Waals surface area contributed by atoms with Gasteiger partial charge in [-0.25, -0.2) is 9.78 Å². The number of ether oxygens (including phenoxy) is 1. The standard InChI is InChI=1S/C12H9BrN2O4/c1-19-10-9(3-2-4-14-10)15-6-7(12(17)18)5-8(13)11(15)16/h2-6H,1H3,(H,17,18). The van der Waals surface area contributed by atoms with Crippen LogP contribution in [0.3, 0.4) is 0 Å². The number of carboxylic acids is 1. The molecular formula is C12H9BrN2O4. The van der Waals surface area contributed by atoms with Crippen LogP contribution in [0.15, 0.2) is 39.9 Å². The molecule has 0 aliphatic rings. The Morgan fingerprint density at radius 2 is 2.26 bits per heavy atom. The van der Waals surface area contributed by atoms with E-state index in [-0.39, 0.29) is 15.9 Å². The Balaban J connectivity index is 2.74. The molecule has 0 radical (unpaired) electrons. The zero-order valence-electron chi connectivity index (χ0n) is 9.83. The van der Waals surface area contributed by atoms with Gasteiger partial charge in [0, 0.05) is 12.4 Å². The molecule has 2 heterocycles. The second-order valence-electron chi connectivity index (χ2n) is 3.59. The van der Waals surface area contributed by atoms with E-state index in [1.165, 1.54) is 30.1 Å². The van der Waals surface area contributed by atoms with Gasteiger partial charge in [-0.2, -0.15) is 0 Å². The van der Waals surface area contributed by atoms with Gasteiger partial charge in [-0.05, 0) is 34.1 Å². The van der Waals surface area contributed by atoms with E-state index < -0.39 is 11.5 Å². The number of carboxylic acid groups (broad SMARTS) is 1. The van der Waals surface area contributed by atoms with E-state index in [2.05, 4.69) is 20.9 Å². The number of carbonyl (C=O) groups is 1. The topological polar surface area (TPSA) is 81.4 Å². The van der Waals surface area contributed by atoms with Crippen LogP contribution in [0.2, 0.25) is 0 Å². The van der Waals surface area contributed by atoms with E-state index in [1.807, 2.05) is 0 Å². The minimum absolute atomic E-state index is 0.0163. The summed E-state index contributed by atoms with van der Waals surface area (Å²) < 4.78 is 6.39. The highest BCUT2D eigenvalue weighted by Gasteiger charge is 2.14. The fraction of sp³-hybridized carbons (Fsp3) is 0.0833. The summed E-state index contributed by atoms with van der Waals surface area (Å²) in [7, 11) is 1.42. The average molecular weight is 325 g/mol. The molecule has 0 amide bonds. The second kappa shape index (κ2) is 5.23. The maximum Gasteiger partial charge on any atom is 0.337 e. The van der Waals surface area contributed by atoms with E-state index in [4.69, 9.17) is 9.84 Å². The Hall–Kier alpha value is -2.15. The number of aromatic carboxylic acids is 1. The SMILES string of the molecule is COc1ncccc1-n1cc(C(=O)O)cc(Br)c1=O. The fourth-order valence-corrected chi connectivity index (χ4v) is 2.00. The van der Waals surface area contributed by atoms with Gasteiger partial charge in [0.15, 0.2) is 0 Å². The van der Waals surface area contributed by atoms with Crippen LogP contribution in [0, 0.1) is 0 Å². The van der Waals surface area contributed by atoms with Crippen molar-refractivity contribution in [2.75, 3.05) is 7.11 Å². The molecule has 1 N–H and O–H groups in total. The van der Waals surface area contributed by atoms with Crippen LogP contribution >= 0.6 is 15.9 Å². The predicted octanol–water partition coefficient (Wildman–Crippen LogP) is 1.70. The van der Waals surface area contributed by atoms with Gasteiger partial charge < -0.3 is 9.84 Å². The van der Waals surface area contributed by atoms with Crippen molar-refractivity contribution in [3.05, 3.63) is 51.0 Å². The molecule has 0 aliphatic carbocycles. The minimum Gasteiger partial charge on any atom is -0.480 e. The van der Waals surface area contributed by atoms with Gasteiger partial charge in [-0.3, -0.25) is 9.36 Å². The zero-order chi connectivity index (χ0) is 14.0. The minimum atomic E-state index is -1.13. The zero-order valence-corrected chi connectivity index (χ0v) is 11.4. The number of pyridine rings is 2. The summed E-state index contributed by atoms with van der Waals surface area (Å²) in [5.41, 5.74) is -0.0347. The van der Waals surface area contributed by atoms with Gasteiger partial charge in [0.1, 0.15) is 5.69 Å². The molecule has 0 aromatic carbocycles. The first-order valence-corrected chi connectivity index (χ1v) is 5.98. The molecule has 0 spiro atoms. The molecule has 0 atom stereocenters. The van der Waals surface area contributed by atoms with Crippen molar-refractivity contribution in [2.24, 2.45) is 0 Å². The molecule has 0 unspecified atom stereocenters. The summed E-state index contributed by atoms with van der Waals surface area (Å²) in [6, 6.07) is 4.50. The van der Waals surface area contributed by atoms with Crippen LogP contribution < -0.4 is 10.3 Å². The Labute approximate surface area is 116 Å². The van der Waals surface area contributed by atoms with Gasteiger partial charge in [0.05, 0.1) is 17.1 Å². The Kier molecular flexibility index (Phi) is 3.66. The third-order valence-electron chi connectivity index (χ3n) is 2.42. The lowest BCUT2D eigenvalue weighted by Crippen LogP contribution is -2.21. The maximum absolute atomic E-state index is 12.1. The van der Waals surface area contributed by atoms with Gasteiger partial charge in [0.25, 0.3) is 5.56 Å². The predicted molar refractivity (Wildman–Crippen MR) is 71.0 cm³/mol. The van der Waals surface area contributed by atoms with Gasteiger partial charge in [0.2, 0.25) is 5.88 Å². The summed E-state index contributed by atoms with van der Waals surface area (Å²) in [5.74, 6) is -0.892. The van der Waals surface area contributed by atoms with Crippen LogP contribution in [0.25, 0.3) is 5.69 Å². The van der Waals surface area contributed by atoms with E-state index >= 15 is 0 Å². The van der Waals surface area contributed by atoms with Crippen LogP contribution in [0.1, 0.15) is 10.4 Å². The van der Waals surface area contributed by atoms with Crippen LogP contribution in [-0.2, 0) is 0 Å². The van der Waals surface area contributed by atoms with Crippen molar-refractivity contribution in [1.82, 2.24) is 9.55 Å². The van der Waals surface area contributed by atoms with Gasteiger partial charge in [-0.1, -0.05) is 0 Å². The molecule has 0 saturated carbocycles. The number of aromatic nitrogens is 2. The Bertz CT molecular complexity index is 696. The van der Waals surface area contributed by atoms with Crippen molar-refractivity contribution in [2.45, 2.75) is 0 Å². The van der Waals surface area contributed by atoms with Gasteiger partial charge in [-0.15, -0.1) is 0 Å². The number of hydrogen-bond acceptors (Lipinski definition) is 4. The van der Waals surface area contributed by atoms with Crippen LogP contribution in [0.5, 0.6) is 5.88 Å². The Morgan fingerprint density at radius 3 is 2.89 bits per heavy atom. The van der Waals surface area contributed by atoms with Crippen molar-refractivity contribution >= 4 is 21.9 Å². The Morgan fingerprint density at radius 1 is 1.53 bits per heavy atom. The van der Waals surface area contributed by atoms with Gasteiger partial charge >= 0.3 is 5.97 Å². The average Bonchev–Trinajstić information content (AvgIpc) is 2.41. The van der Waals surface area contributed by atoms with E-state index in [0.717, 1.165) is 0 Å². The van der Waals surface area contributed by atoms with E-state index in [9.17, 15) is 9.59 Å². The largest absolute Gasteiger partial charge is 0.480 e. The van der Waals surface area contributed by atoms with Crippen molar-refractivity contribution in [1.29, 1.82) is 0 Å². The lowest BCUT2D eigenvalue weighted by molar-refractivity contribution is 0.0696. The quantitative estimate of drug-likeness (QED) is 0.929. The molecule has 0 fully saturated rings. The van der Waals surface area contributed by atoms with E-state index in [1.54, 1.807) is 12.1 Å². The molecule has 2 rings (SSSR count). The molecule has 0 aliphatic heterocycles. The third kappa shape index (κ3) is 2.50. The highest BCUT2D eigenvalue weighted by atomic mass is 79.9. The highest BCUT2D eigenvalue weighted by Crippen LogP contribution is 2.19. The lowest BCUT2D eigenvalue weighted by Gasteiger charge is -2.10. The molecule has 2 aromatic heterocycles. The summed E-state index contributed by atoms with van der Waals surface area (Å²) in [5, 5.41) is 9.01. The lowest BCUT2D eigenvalue weighted by atomic mass is 10.2. The number of hydrogen-bond donors (Lipinski definition) is 1. The normalized spacial score (nSPS) is 10.2. The van der Waals surface area contributed by atoms with E-state index in [0.29, 0.717) is 5.69 Å². The third-order valence-corrected chi connectivity index (χ3v) is 2.99. The number of nitrogens with zero attached hydrogens (tertiary/aromatic N) is 2. The first-order valence-electron chi connectivity index (χ1n) is 5.19. The summed E-state index contributed by atoms with van der Waals surface area (Å²) >= 11 is 3.05. The van der Waals surface area contributed by atoms with Crippen LogP contribution in [0.4, 0.5) is 0 Å². The number of rotatable bonds is 3. The monoisotopic (exact) mass is 324 g/mol. The molecule has 6 nitrogen and oxygen atoms in total. The smallest absolute Gasteiger partial charge is 0.337 e. The maximum atomic E-state index is 12.1. The number of methoxy groups -OCH3 is 1. The molecule has 98 valence electrons. The first-order chi connectivity index (χ1) is 9.04. The molecule has 0 saturated heterocycles. The van der Waals surface area contributed by atoms with Crippen molar-refractivity contribution in [3.8, 4) is 11.6 Å². The van der Waals surface area contributed by atoms with Crippen LogP contribution in [-0.4, -0.2) is 27.7 Å². The van der Waals surface area contributed by atoms with Crippen molar-refractivity contribution < 1.29 is 14.6 Å². The van der Waals surface area contributed by atoms with Crippen molar-refractivity contribution in [3.63, 3.8) is 0 Å². The summed E-state index contributed by atoms with van der Waals surface area (Å²) in [6.45, 7) is 0. The second-order valence-corrected chi connectivity index (χ2v) is 4.44. The summed E-state index contributed by atoms with van der Waals surface area (Å²) in [4.78, 5) is 27.0.